The fourth-order valence-electron chi connectivity index (χ4n) is 3.59. The lowest BCUT2D eigenvalue weighted by Gasteiger charge is -2.33. The Kier molecular flexibility index (Phi) is 4.86. The molecule has 1 aliphatic carbocycles. The van der Waals surface area contributed by atoms with E-state index in [1.54, 1.807) is 29.2 Å². The molecule has 1 N–H and O–H groups in total. The van der Waals surface area contributed by atoms with Gasteiger partial charge in [0.05, 0.1) is 11.0 Å². The standard InChI is InChI=1S/C24H23N5O2/c1-28-14-15-29(23-22(28)26-19-4-2-3-5-20(19)27-23)21(30)13-8-16-6-9-17(10-7-16)24(31)25-18-11-12-18/h2-10,13,18H,11-12,14-15H2,1H3,(H,25,31). The van der Waals surface area contributed by atoms with Crippen molar-refractivity contribution in [2.75, 3.05) is 29.9 Å². The molecule has 7 nitrogen and oxygen atoms in total. The first-order valence-electron chi connectivity index (χ1n) is 10.5. The summed E-state index contributed by atoms with van der Waals surface area (Å²) >= 11 is 0. The summed E-state index contributed by atoms with van der Waals surface area (Å²) in [5.41, 5.74) is 3.06. The molecule has 1 saturated carbocycles. The Morgan fingerprint density at radius 1 is 0.968 bits per heavy atom. The monoisotopic (exact) mass is 413 g/mol. The molecule has 0 bridgehead atoms. The van der Waals surface area contributed by atoms with Crippen molar-refractivity contribution in [2.24, 2.45) is 0 Å². The third-order valence-corrected chi connectivity index (χ3v) is 5.58. The Labute approximate surface area is 180 Å². The minimum Gasteiger partial charge on any atom is -0.355 e. The second-order valence-electron chi connectivity index (χ2n) is 7.97. The first kappa shape index (κ1) is 19.2. The first-order chi connectivity index (χ1) is 15.1. The minimum absolute atomic E-state index is 0.0473. The van der Waals surface area contributed by atoms with Crippen molar-refractivity contribution in [2.45, 2.75) is 18.9 Å². The first-order valence-corrected chi connectivity index (χ1v) is 10.5. The molecule has 1 aliphatic heterocycles. The number of fused-ring (bicyclic) bond motifs is 2. The summed E-state index contributed by atoms with van der Waals surface area (Å²) in [7, 11) is 1.96. The van der Waals surface area contributed by atoms with E-state index in [2.05, 4.69) is 5.32 Å². The molecule has 5 rings (SSSR count). The SMILES string of the molecule is CN1CCN(C(=O)C=Cc2ccc(C(=O)NC3CC3)cc2)c2nc3ccccc3nc21. The quantitative estimate of drug-likeness (QED) is 0.666. The molecule has 0 radical (unpaired) electrons. The van der Waals surface area contributed by atoms with Crippen LogP contribution in [0, 0.1) is 0 Å². The number of hydrogen-bond donors (Lipinski definition) is 1. The highest BCUT2D eigenvalue weighted by Crippen LogP contribution is 2.30. The maximum absolute atomic E-state index is 13.0. The summed E-state index contributed by atoms with van der Waals surface area (Å²) in [6.07, 6.45) is 5.43. The number of para-hydroxylation sites is 2. The molecule has 2 amide bonds. The Balaban J connectivity index is 1.34. The van der Waals surface area contributed by atoms with Crippen LogP contribution in [-0.2, 0) is 4.79 Å². The average Bonchev–Trinajstić information content (AvgIpc) is 3.61. The number of nitrogens with zero attached hydrogens (tertiary/aromatic N) is 4. The van der Waals surface area contributed by atoms with Crippen LogP contribution in [0.2, 0.25) is 0 Å². The zero-order valence-electron chi connectivity index (χ0n) is 17.3. The van der Waals surface area contributed by atoms with Crippen LogP contribution >= 0.6 is 0 Å². The Bertz CT molecular complexity index is 1180. The lowest BCUT2D eigenvalue weighted by Crippen LogP contribution is -2.43. The summed E-state index contributed by atoms with van der Waals surface area (Å²) in [6, 6.07) is 15.2. The van der Waals surface area contributed by atoms with Gasteiger partial charge in [0.1, 0.15) is 0 Å². The van der Waals surface area contributed by atoms with E-state index in [1.165, 1.54) is 0 Å². The molecule has 0 saturated heterocycles. The topological polar surface area (TPSA) is 78.4 Å². The van der Waals surface area contributed by atoms with Gasteiger partial charge in [-0.2, -0.15) is 0 Å². The van der Waals surface area contributed by atoms with Gasteiger partial charge in [0.2, 0.25) is 0 Å². The molecular weight excluding hydrogens is 390 g/mol. The fraction of sp³-hybridized carbons (Fsp3) is 0.250. The van der Waals surface area contributed by atoms with Crippen molar-refractivity contribution in [1.29, 1.82) is 0 Å². The zero-order valence-corrected chi connectivity index (χ0v) is 17.3. The maximum Gasteiger partial charge on any atom is 0.252 e. The second kappa shape index (κ2) is 7.83. The largest absolute Gasteiger partial charge is 0.355 e. The third-order valence-electron chi connectivity index (χ3n) is 5.58. The van der Waals surface area contributed by atoms with Gasteiger partial charge in [-0.15, -0.1) is 0 Å². The maximum atomic E-state index is 13.0. The number of rotatable bonds is 4. The van der Waals surface area contributed by atoms with E-state index in [-0.39, 0.29) is 11.8 Å². The van der Waals surface area contributed by atoms with Gasteiger partial charge in [0.25, 0.3) is 11.8 Å². The number of aromatic nitrogens is 2. The molecule has 31 heavy (non-hydrogen) atoms. The van der Waals surface area contributed by atoms with Crippen LogP contribution in [-0.4, -0.2) is 48.0 Å². The van der Waals surface area contributed by atoms with E-state index in [9.17, 15) is 9.59 Å². The normalized spacial score (nSPS) is 15.9. The number of anilines is 2. The van der Waals surface area contributed by atoms with Gasteiger partial charge >= 0.3 is 0 Å². The Hall–Kier alpha value is -3.74. The molecule has 2 aromatic carbocycles. The zero-order chi connectivity index (χ0) is 21.4. The minimum atomic E-state index is -0.144. The van der Waals surface area contributed by atoms with Crippen molar-refractivity contribution in [3.8, 4) is 0 Å². The predicted molar refractivity (Wildman–Crippen MR) is 121 cm³/mol. The van der Waals surface area contributed by atoms with Crippen LogP contribution < -0.4 is 15.1 Å². The number of likely N-dealkylation sites (N-methyl/N-ethyl adjacent to an activating group) is 1. The van der Waals surface area contributed by atoms with Crippen LogP contribution in [0.4, 0.5) is 11.6 Å². The molecule has 0 unspecified atom stereocenters. The molecule has 3 aromatic rings. The van der Waals surface area contributed by atoms with E-state index >= 15 is 0 Å². The van der Waals surface area contributed by atoms with Gasteiger partial charge in [-0.3, -0.25) is 14.5 Å². The molecule has 2 aliphatic rings. The lowest BCUT2D eigenvalue weighted by atomic mass is 10.1. The number of nitrogens with one attached hydrogen (secondary N) is 1. The van der Waals surface area contributed by atoms with Crippen molar-refractivity contribution in [3.63, 3.8) is 0 Å². The number of hydrogen-bond acceptors (Lipinski definition) is 5. The number of benzene rings is 2. The second-order valence-corrected chi connectivity index (χ2v) is 7.97. The van der Waals surface area contributed by atoms with Crippen molar-refractivity contribution in [1.82, 2.24) is 15.3 Å². The van der Waals surface area contributed by atoms with Crippen LogP contribution in [0.5, 0.6) is 0 Å². The van der Waals surface area contributed by atoms with Gasteiger partial charge < -0.3 is 10.2 Å². The molecule has 7 heteroatoms. The Morgan fingerprint density at radius 3 is 2.32 bits per heavy atom. The molecule has 1 fully saturated rings. The molecular formula is C24H23N5O2. The average molecular weight is 413 g/mol. The lowest BCUT2D eigenvalue weighted by molar-refractivity contribution is -0.114. The molecule has 1 aromatic heterocycles. The van der Waals surface area contributed by atoms with Gasteiger partial charge in [-0.1, -0.05) is 24.3 Å². The van der Waals surface area contributed by atoms with E-state index in [0.29, 0.717) is 36.3 Å². The highest BCUT2D eigenvalue weighted by Gasteiger charge is 2.27. The summed E-state index contributed by atoms with van der Waals surface area (Å²) in [6.45, 7) is 1.23. The summed E-state index contributed by atoms with van der Waals surface area (Å²) in [4.78, 5) is 38.2. The summed E-state index contributed by atoms with van der Waals surface area (Å²) < 4.78 is 0. The number of amides is 2. The molecule has 0 atom stereocenters. The molecule has 0 spiro atoms. The van der Waals surface area contributed by atoms with Crippen molar-refractivity contribution >= 4 is 40.6 Å². The molecule has 2 heterocycles. The molecule has 156 valence electrons. The van der Waals surface area contributed by atoms with E-state index in [0.717, 1.165) is 29.4 Å². The summed E-state index contributed by atoms with van der Waals surface area (Å²) in [5.74, 6) is 1.09. The fourth-order valence-corrected chi connectivity index (χ4v) is 3.59. The van der Waals surface area contributed by atoms with Crippen LogP contribution in [0.25, 0.3) is 17.1 Å². The van der Waals surface area contributed by atoms with Crippen LogP contribution in [0.3, 0.4) is 0 Å². The predicted octanol–water partition coefficient (Wildman–Crippen LogP) is 3.02. The number of carbonyl (C=O) groups is 2. The van der Waals surface area contributed by atoms with E-state index < -0.39 is 0 Å². The highest BCUT2D eigenvalue weighted by molar-refractivity contribution is 6.06. The third kappa shape index (κ3) is 3.99. The van der Waals surface area contributed by atoms with Crippen molar-refractivity contribution in [3.05, 3.63) is 65.7 Å². The van der Waals surface area contributed by atoms with Crippen LogP contribution in [0.1, 0.15) is 28.8 Å². The smallest absolute Gasteiger partial charge is 0.252 e. The van der Waals surface area contributed by atoms with Crippen LogP contribution in [0.15, 0.2) is 54.6 Å². The van der Waals surface area contributed by atoms with E-state index in [4.69, 9.17) is 9.97 Å². The van der Waals surface area contributed by atoms with Gasteiger partial charge in [0.15, 0.2) is 11.6 Å². The highest BCUT2D eigenvalue weighted by atomic mass is 16.2. The Morgan fingerprint density at radius 2 is 1.65 bits per heavy atom. The number of carbonyl (C=O) groups excluding carboxylic acids is 2. The van der Waals surface area contributed by atoms with Gasteiger partial charge in [0, 0.05) is 37.8 Å². The van der Waals surface area contributed by atoms with E-state index in [1.807, 2.05) is 48.3 Å². The van der Waals surface area contributed by atoms with Crippen molar-refractivity contribution < 1.29 is 9.59 Å². The van der Waals surface area contributed by atoms with Gasteiger partial charge in [-0.25, -0.2) is 9.97 Å². The summed E-state index contributed by atoms with van der Waals surface area (Å²) in [5, 5.41) is 2.97. The van der Waals surface area contributed by atoms with Gasteiger partial charge in [-0.05, 0) is 48.7 Å².